The summed E-state index contributed by atoms with van der Waals surface area (Å²) in [7, 11) is 0. The molecule has 0 amide bonds. The summed E-state index contributed by atoms with van der Waals surface area (Å²) in [4.78, 5) is 12.0. The Hall–Kier alpha value is -2.31. The molecule has 0 bridgehead atoms. The van der Waals surface area contributed by atoms with Crippen LogP contribution in [0, 0.1) is 6.92 Å². The molecule has 7 heteroatoms. The SMILES string of the molecule is Cc1nnc(SCC(=O)OCc2ccc(Cl)cc2)n1Cc1ccccc1. The molecule has 3 rings (SSSR count). The number of nitrogens with zero attached hydrogens (tertiary/aromatic N) is 3. The van der Waals surface area contributed by atoms with E-state index in [1.165, 1.54) is 11.8 Å². The van der Waals surface area contributed by atoms with E-state index < -0.39 is 0 Å². The fourth-order valence-electron chi connectivity index (χ4n) is 2.33. The van der Waals surface area contributed by atoms with E-state index in [9.17, 15) is 4.79 Å². The number of carbonyl (C=O) groups is 1. The maximum absolute atomic E-state index is 12.0. The first-order valence-corrected chi connectivity index (χ1v) is 9.45. The van der Waals surface area contributed by atoms with Crippen molar-refractivity contribution in [3.8, 4) is 0 Å². The molecule has 134 valence electrons. The van der Waals surface area contributed by atoms with Gasteiger partial charge in [-0.2, -0.15) is 0 Å². The maximum Gasteiger partial charge on any atom is 0.316 e. The number of rotatable bonds is 7. The van der Waals surface area contributed by atoms with Gasteiger partial charge in [-0.25, -0.2) is 0 Å². The number of aromatic nitrogens is 3. The molecule has 0 unspecified atom stereocenters. The summed E-state index contributed by atoms with van der Waals surface area (Å²) < 4.78 is 7.29. The zero-order valence-electron chi connectivity index (χ0n) is 14.3. The smallest absolute Gasteiger partial charge is 0.316 e. The fourth-order valence-corrected chi connectivity index (χ4v) is 3.23. The minimum atomic E-state index is -0.295. The van der Waals surface area contributed by atoms with Gasteiger partial charge in [-0.05, 0) is 30.2 Å². The summed E-state index contributed by atoms with van der Waals surface area (Å²) in [5, 5.41) is 9.65. The highest BCUT2D eigenvalue weighted by atomic mass is 35.5. The van der Waals surface area contributed by atoms with Crippen molar-refractivity contribution in [2.45, 2.75) is 25.2 Å². The van der Waals surface area contributed by atoms with Gasteiger partial charge in [-0.15, -0.1) is 10.2 Å². The van der Waals surface area contributed by atoms with E-state index >= 15 is 0 Å². The Morgan fingerprint density at radius 2 is 1.81 bits per heavy atom. The molecule has 0 N–H and O–H groups in total. The lowest BCUT2D eigenvalue weighted by Gasteiger charge is -2.08. The minimum Gasteiger partial charge on any atom is -0.460 e. The third-order valence-corrected chi connectivity index (χ3v) is 4.91. The van der Waals surface area contributed by atoms with E-state index in [1.54, 1.807) is 12.1 Å². The molecule has 0 fully saturated rings. The molecule has 0 spiro atoms. The average molecular weight is 388 g/mol. The lowest BCUT2D eigenvalue weighted by molar-refractivity contribution is -0.141. The predicted molar refractivity (Wildman–Crippen MR) is 102 cm³/mol. The second kappa shape index (κ2) is 8.87. The van der Waals surface area contributed by atoms with E-state index in [0.29, 0.717) is 16.7 Å². The Morgan fingerprint density at radius 1 is 1.08 bits per heavy atom. The molecule has 1 heterocycles. The molecule has 3 aromatic rings. The standard InChI is InChI=1S/C19H18ClN3O2S/c1-14-21-22-19(23(14)11-15-5-3-2-4-6-15)26-13-18(24)25-12-16-7-9-17(20)10-8-16/h2-10H,11-13H2,1H3. The highest BCUT2D eigenvalue weighted by Crippen LogP contribution is 2.19. The zero-order chi connectivity index (χ0) is 18.4. The van der Waals surface area contributed by atoms with Gasteiger partial charge >= 0.3 is 5.97 Å². The van der Waals surface area contributed by atoms with Crippen molar-refractivity contribution in [2.24, 2.45) is 0 Å². The minimum absolute atomic E-state index is 0.181. The molecule has 1 aromatic heterocycles. The molecule has 5 nitrogen and oxygen atoms in total. The molecule has 0 aliphatic heterocycles. The third kappa shape index (κ3) is 5.09. The Bertz CT molecular complexity index is 866. The van der Waals surface area contributed by atoms with Crippen molar-refractivity contribution in [1.82, 2.24) is 14.8 Å². The van der Waals surface area contributed by atoms with Gasteiger partial charge in [0.1, 0.15) is 12.4 Å². The highest BCUT2D eigenvalue weighted by molar-refractivity contribution is 7.99. The van der Waals surface area contributed by atoms with Crippen molar-refractivity contribution in [1.29, 1.82) is 0 Å². The van der Waals surface area contributed by atoms with Crippen molar-refractivity contribution in [2.75, 3.05) is 5.75 Å². The van der Waals surface area contributed by atoms with E-state index in [0.717, 1.165) is 17.0 Å². The van der Waals surface area contributed by atoms with Gasteiger partial charge in [-0.1, -0.05) is 65.8 Å². The lowest BCUT2D eigenvalue weighted by atomic mass is 10.2. The van der Waals surface area contributed by atoms with E-state index in [4.69, 9.17) is 16.3 Å². The zero-order valence-corrected chi connectivity index (χ0v) is 15.8. The maximum atomic E-state index is 12.0. The third-order valence-electron chi connectivity index (χ3n) is 3.72. The first-order chi connectivity index (χ1) is 12.6. The van der Waals surface area contributed by atoms with Crippen molar-refractivity contribution in [3.05, 3.63) is 76.6 Å². The molecule has 0 radical (unpaired) electrons. The Morgan fingerprint density at radius 3 is 2.54 bits per heavy atom. The molecule has 2 aromatic carbocycles. The Balaban J connectivity index is 1.54. The predicted octanol–water partition coefficient (Wildman–Crippen LogP) is 4.12. The van der Waals surface area contributed by atoms with Crippen molar-refractivity contribution in [3.63, 3.8) is 0 Å². The molecular formula is C19H18ClN3O2S. The monoisotopic (exact) mass is 387 g/mol. The van der Waals surface area contributed by atoms with Gasteiger partial charge in [0, 0.05) is 5.02 Å². The average Bonchev–Trinajstić information content (AvgIpc) is 3.00. The van der Waals surface area contributed by atoms with Crippen molar-refractivity contribution >= 4 is 29.3 Å². The van der Waals surface area contributed by atoms with Gasteiger partial charge in [0.25, 0.3) is 0 Å². The summed E-state index contributed by atoms with van der Waals surface area (Å²) in [5.41, 5.74) is 2.05. The van der Waals surface area contributed by atoms with Crippen LogP contribution in [0.5, 0.6) is 0 Å². The first-order valence-electron chi connectivity index (χ1n) is 8.08. The second-order valence-electron chi connectivity index (χ2n) is 5.68. The summed E-state index contributed by atoms with van der Waals surface area (Å²) in [6.45, 7) is 2.80. The van der Waals surface area contributed by atoms with Crippen LogP contribution in [0.4, 0.5) is 0 Å². The van der Waals surface area contributed by atoms with E-state index in [1.807, 2.05) is 54.0 Å². The van der Waals surface area contributed by atoms with Crippen LogP contribution in [0.3, 0.4) is 0 Å². The molecule has 0 aliphatic rings. The molecule has 0 aliphatic carbocycles. The van der Waals surface area contributed by atoms with Gasteiger partial charge in [0.2, 0.25) is 0 Å². The normalized spacial score (nSPS) is 10.7. The lowest BCUT2D eigenvalue weighted by Crippen LogP contribution is -2.09. The fraction of sp³-hybridized carbons (Fsp3) is 0.211. The van der Waals surface area contributed by atoms with Crippen LogP contribution in [0.1, 0.15) is 17.0 Å². The summed E-state index contributed by atoms with van der Waals surface area (Å²) in [6, 6.07) is 17.3. The van der Waals surface area contributed by atoms with E-state index in [2.05, 4.69) is 10.2 Å². The highest BCUT2D eigenvalue weighted by Gasteiger charge is 2.13. The molecule has 0 atom stereocenters. The number of halogens is 1. The summed E-state index contributed by atoms with van der Waals surface area (Å²) >= 11 is 7.17. The number of hydrogen-bond donors (Lipinski definition) is 0. The number of esters is 1. The number of ether oxygens (including phenoxy) is 1. The number of carbonyl (C=O) groups excluding carboxylic acids is 1. The molecule has 0 saturated heterocycles. The topological polar surface area (TPSA) is 57.0 Å². The molecular weight excluding hydrogens is 370 g/mol. The summed E-state index contributed by atoms with van der Waals surface area (Å²) in [5.74, 6) is 0.697. The van der Waals surface area contributed by atoms with Crippen LogP contribution < -0.4 is 0 Å². The molecule has 26 heavy (non-hydrogen) atoms. The van der Waals surface area contributed by atoms with Crippen molar-refractivity contribution < 1.29 is 9.53 Å². The number of aryl methyl sites for hydroxylation is 1. The number of thioether (sulfide) groups is 1. The molecule has 0 saturated carbocycles. The second-order valence-corrected chi connectivity index (χ2v) is 7.06. The number of benzene rings is 2. The van der Waals surface area contributed by atoms with Crippen LogP contribution in [0.25, 0.3) is 0 Å². The summed E-state index contributed by atoms with van der Waals surface area (Å²) in [6.07, 6.45) is 0. The number of hydrogen-bond acceptors (Lipinski definition) is 5. The quantitative estimate of drug-likeness (QED) is 0.450. The van der Waals surface area contributed by atoms with Crippen LogP contribution in [0.15, 0.2) is 59.8 Å². The van der Waals surface area contributed by atoms with Crippen LogP contribution in [0.2, 0.25) is 5.02 Å². The van der Waals surface area contributed by atoms with Crippen LogP contribution >= 0.6 is 23.4 Å². The van der Waals surface area contributed by atoms with Gasteiger partial charge in [-0.3, -0.25) is 4.79 Å². The van der Waals surface area contributed by atoms with Gasteiger partial charge in [0.15, 0.2) is 5.16 Å². The van der Waals surface area contributed by atoms with Gasteiger partial charge < -0.3 is 9.30 Å². The largest absolute Gasteiger partial charge is 0.460 e. The van der Waals surface area contributed by atoms with Gasteiger partial charge in [0.05, 0.1) is 12.3 Å². The van der Waals surface area contributed by atoms with E-state index in [-0.39, 0.29) is 18.3 Å². The van der Waals surface area contributed by atoms with Crippen LogP contribution in [-0.2, 0) is 22.7 Å². The van der Waals surface area contributed by atoms with Crippen LogP contribution in [-0.4, -0.2) is 26.5 Å². The Kier molecular flexibility index (Phi) is 6.30. The first kappa shape index (κ1) is 18.5. The Labute approximate surface area is 161 Å².